The Balaban J connectivity index is 0. The van der Waals surface area contributed by atoms with E-state index in [-0.39, 0.29) is 0 Å². The molecule has 0 fully saturated rings. The van der Waals surface area contributed by atoms with Crippen LogP contribution < -0.4 is 5.73 Å². The molecule has 0 unspecified atom stereocenters. The molecular formula is C12H27N3. The molecule has 2 N–H and O–H groups in total. The highest BCUT2D eigenvalue weighted by Gasteiger charge is 2.03. The van der Waals surface area contributed by atoms with Gasteiger partial charge in [-0.25, -0.2) is 0 Å². The lowest BCUT2D eigenvalue weighted by Crippen LogP contribution is -2.18. The van der Waals surface area contributed by atoms with Crippen molar-refractivity contribution in [3.8, 4) is 0 Å². The van der Waals surface area contributed by atoms with Crippen molar-refractivity contribution in [2.24, 2.45) is 10.8 Å². The molecule has 0 spiro atoms. The smallest absolute Gasteiger partial charge is 0.0519 e. The van der Waals surface area contributed by atoms with Crippen molar-refractivity contribution in [2.45, 2.75) is 53.4 Å². The molecule has 0 radical (unpaired) electrons. The lowest BCUT2D eigenvalue weighted by Gasteiger charge is -2.20. The molecule has 0 aromatic rings. The minimum atomic E-state index is 0.904. The molecule has 90 valence electrons. The van der Waals surface area contributed by atoms with Gasteiger partial charge < -0.3 is 5.73 Å². The second-order valence-corrected chi connectivity index (χ2v) is 2.98. The molecule has 0 saturated carbocycles. The summed E-state index contributed by atoms with van der Waals surface area (Å²) in [6, 6.07) is 0. The quantitative estimate of drug-likeness (QED) is 0.400. The zero-order chi connectivity index (χ0) is 12.1. The summed E-state index contributed by atoms with van der Waals surface area (Å²) < 4.78 is 0. The monoisotopic (exact) mass is 213 g/mol. The van der Waals surface area contributed by atoms with Crippen molar-refractivity contribution in [3.05, 3.63) is 11.9 Å². The van der Waals surface area contributed by atoms with Crippen molar-refractivity contribution >= 4 is 6.72 Å². The Bertz CT molecular complexity index is 164. The molecule has 0 aromatic carbocycles. The van der Waals surface area contributed by atoms with Crippen LogP contribution in [0.3, 0.4) is 0 Å². The number of hydrazone groups is 1. The van der Waals surface area contributed by atoms with Gasteiger partial charge >= 0.3 is 0 Å². The third-order valence-corrected chi connectivity index (χ3v) is 2.03. The van der Waals surface area contributed by atoms with Gasteiger partial charge in [0, 0.05) is 19.5 Å². The Morgan fingerprint density at radius 1 is 1.33 bits per heavy atom. The van der Waals surface area contributed by atoms with Crippen molar-refractivity contribution in [2.75, 3.05) is 6.54 Å². The fraction of sp³-hybridized carbons (Fsp3) is 0.750. The Kier molecular flexibility index (Phi) is 14.3. The van der Waals surface area contributed by atoms with Crippen LogP contribution in [0, 0.1) is 0 Å². The fourth-order valence-corrected chi connectivity index (χ4v) is 1.20. The molecule has 0 aliphatic heterocycles. The summed E-state index contributed by atoms with van der Waals surface area (Å²) in [5.41, 5.74) is 6.52. The largest absolute Gasteiger partial charge is 0.403 e. The second-order valence-electron chi connectivity index (χ2n) is 2.98. The molecule has 0 rings (SSSR count). The van der Waals surface area contributed by atoms with E-state index in [1.54, 1.807) is 6.20 Å². The topological polar surface area (TPSA) is 41.6 Å². The molecule has 0 bridgehead atoms. The molecule has 0 aliphatic carbocycles. The van der Waals surface area contributed by atoms with Crippen LogP contribution in [0.15, 0.2) is 17.0 Å². The van der Waals surface area contributed by atoms with Crippen LogP contribution in [0.2, 0.25) is 0 Å². The molecule has 3 nitrogen and oxygen atoms in total. The first-order valence-electron chi connectivity index (χ1n) is 5.95. The number of allylic oxidation sites excluding steroid dienone is 1. The molecular weight excluding hydrogens is 186 g/mol. The number of rotatable bonds is 7. The summed E-state index contributed by atoms with van der Waals surface area (Å²) >= 11 is 0. The average Bonchev–Trinajstić information content (AvgIpc) is 2.31. The molecule has 0 saturated heterocycles. The van der Waals surface area contributed by atoms with Crippen molar-refractivity contribution in [3.63, 3.8) is 0 Å². The maximum absolute atomic E-state index is 5.47. The van der Waals surface area contributed by atoms with E-state index in [0.29, 0.717) is 0 Å². The van der Waals surface area contributed by atoms with Crippen LogP contribution in [0.25, 0.3) is 0 Å². The van der Waals surface area contributed by atoms with Gasteiger partial charge in [-0.15, -0.1) is 0 Å². The Labute approximate surface area is 95.0 Å². The maximum atomic E-state index is 5.47. The van der Waals surface area contributed by atoms with Gasteiger partial charge in [0.2, 0.25) is 0 Å². The molecule has 0 aromatic heterocycles. The number of hydrogen-bond acceptors (Lipinski definition) is 3. The van der Waals surface area contributed by atoms with E-state index in [4.69, 9.17) is 5.73 Å². The lowest BCUT2D eigenvalue weighted by molar-refractivity contribution is 0.345. The van der Waals surface area contributed by atoms with Crippen LogP contribution >= 0.6 is 0 Å². The predicted molar refractivity (Wildman–Crippen MR) is 69.7 cm³/mol. The van der Waals surface area contributed by atoms with Crippen LogP contribution in [0.4, 0.5) is 0 Å². The summed E-state index contributed by atoms with van der Waals surface area (Å²) in [5, 5.41) is 5.82. The van der Waals surface area contributed by atoms with Gasteiger partial charge in [0.25, 0.3) is 0 Å². The van der Waals surface area contributed by atoms with Gasteiger partial charge in [0.05, 0.1) is 5.70 Å². The van der Waals surface area contributed by atoms with E-state index >= 15 is 0 Å². The second kappa shape index (κ2) is 13.0. The normalized spacial score (nSPS) is 10.3. The van der Waals surface area contributed by atoms with Gasteiger partial charge in [0.15, 0.2) is 0 Å². The van der Waals surface area contributed by atoms with E-state index in [9.17, 15) is 0 Å². The Morgan fingerprint density at radius 2 is 1.93 bits per heavy atom. The minimum Gasteiger partial charge on any atom is -0.403 e. The predicted octanol–water partition coefficient (Wildman–Crippen LogP) is 3.33. The SMILES string of the molecule is C=NN(CCCCC)/C(=C\N)CC.CC. The Morgan fingerprint density at radius 3 is 2.27 bits per heavy atom. The maximum Gasteiger partial charge on any atom is 0.0519 e. The summed E-state index contributed by atoms with van der Waals surface area (Å²) in [4.78, 5) is 0. The van der Waals surface area contributed by atoms with E-state index in [1.807, 2.05) is 18.9 Å². The van der Waals surface area contributed by atoms with Gasteiger partial charge in [-0.2, -0.15) is 5.10 Å². The lowest BCUT2D eigenvalue weighted by atomic mass is 10.2. The third-order valence-electron chi connectivity index (χ3n) is 2.03. The number of hydrogen-bond donors (Lipinski definition) is 1. The summed E-state index contributed by atoms with van der Waals surface area (Å²) in [5.74, 6) is 0. The minimum absolute atomic E-state index is 0.904. The van der Waals surface area contributed by atoms with E-state index < -0.39 is 0 Å². The van der Waals surface area contributed by atoms with Crippen LogP contribution in [0.5, 0.6) is 0 Å². The zero-order valence-electron chi connectivity index (χ0n) is 10.8. The van der Waals surface area contributed by atoms with Crippen molar-refractivity contribution < 1.29 is 0 Å². The van der Waals surface area contributed by atoms with Crippen molar-refractivity contribution in [1.82, 2.24) is 5.01 Å². The molecule has 3 heteroatoms. The van der Waals surface area contributed by atoms with E-state index in [1.165, 1.54) is 12.8 Å². The molecule has 0 amide bonds. The van der Waals surface area contributed by atoms with Gasteiger partial charge in [-0.1, -0.05) is 40.5 Å². The Hall–Kier alpha value is -0.990. The number of nitrogens with zero attached hydrogens (tertiary/aromatic N) is 2. The molecule has 0 heterocycles. The first-order chi connectivity index (χ1) is 7.29. The van der Waals surface area contributed by atoms with Crippen LogP contribution in [-0.2, 0) is 0 Å². The summed E-state index contributed by atoms with van der Waals surface area (Å²) in [7, 11) is 0. The highest BCUT2D eigenvalue weighted by atomic mass is 15.4. The molecule has 0 aliphatic rings. The first-order valence-corrected chi connectivity index (χ1v) is 5.95. The zero-order valence-corrected chi connectivity index (χ0v) is 10.8. The average molecular weight is 213 g/mol. The first kappa shape index (κ1) is 16.4. The van der Waals surface area contributed by atoms with E-state index in [0.717, 1.165) is 25.1 Å². The van der Waals surface area contributed by atoms with Gasteiger partial charge in [0.1, 0.15) is 0 Å². The molecule has 0 atom stereocenters. The highest BCUT2D eigenvalue weighted by Crippen LogP contribution is 2.09. The van der Waals surface area contributed by atoms with Gasteiger partial charge in [-0.05, 0) is 12.8 Å². The van der Waals surface area contributed by atoms with Gasteiger partial charge in [-0.3, -0.25) is 5.01 Å². The summed E-state index contributed by atoms with van der Waals surface area (Å²) in [6.45, 7) is 12.7. The highest BCUT2D eigenvalue weighted by molar-refractivity contribution is 5.23. The number of unbranched alkanes of at least 4 members (excludes halogenated alkanes) is 2. The van der Waals surface area contributed by atoms with Crippen LogP contribution in [-0.4, -0.2) is 18.3 Å². The van der Waals surface area contributed by atoms with E-state index in [2.05, 4.69) is 25.7 Å². The van der Waals surface area contributed by atoms with Crippen molar-refractivity contribution in [1.29, 1.82) is 0 Å². The fourth-order valence-electron chi connectivity index (χ4n) is 1.20. The van der Waals surface area contributed by atoms with Crippen LogP contribution in [0.1, 0.15) is 53.4 Å². The molecule has 15 heavy (non-hydrogen) atoms. The summed E-state index contributed by atoms with van der Waals surface area (Å²) in [6.07, 6.45) is 6.11. The number of nitrogens with two attached hydrogens (primary N) is 1. The standard InChI is InChI=1S/C10H21N3.C2H6/c1-4-6-7-8-13(12-3)10(5-2)9-11;1-2/h9H,3-8,11H2,1-2H3;1-2H3/b10-9-;. The third kappa shape index (κ3) is 8.03.